The van der Waals surface area contributed by atoms with E-state index in [0.29, 0.717) is 0 Å². The molecule has 0 aliphatic heterocycles. The molecule has 0 heterocycles. The van der Waals surface area contributed by atoms with Crippen molar-refractivity contribution >= 4 is 15.9 Å². The second kappa shape index (κ2) is 5.38. The van der Waals surface area contributed by atoms with Gasteiger partial charge in [-0.3, -0.25) is 0 Å². The first kappa shape index (κ1) is 9.59. The Morgan fingerprint density at radius 2 is 2.00 bits per heavy atom. The summed E-state index contributed by atoms with van der Waals surface area (Å²) in [6, 6.07) is 6.26. The second-order valence-electron chi connectivity index (χ2n) is 1.44. The Morgan fingerprint density at radius 1 is 1.40 bits per heavy atom. The highest BCUT2D eigenvalue weighted by Gasteiger charge is 1.86. The number of halogens is 2. The molecule has 0 amide bonds. The summed E-state index contributed by atoms with van der Waals surface area (Å²) in [5, 5.41) is 0. The summed E-state index contributed by atoms with van der Waals surface area (Å²) < 4.78 is 12.9. The maximum atomic E-state index is 12.1. The first-order valence-corrected chi connectivity index (χ1v) is 3.57. The lowest BCUT2D eigenvalue weighted by atomic mass is 10.4. The number of benzene rings is 1. The molecule has 0 bridgehead atoms. The Kier molecular flexibility index (Phi) is 5.16. The van der Waals surface area contributed by atoms with Gasteiger partial charge in [0.25, 0.3) is 0 Å². The fourth-order valence-corrected chi connectivity index (χ4v) is 0.831. The Hall–Kier alpha value is -0.410. The molecule has 0 unspecified atom stereocenters. The zero-order chi connectivity index (χ0) is 7.98. The molecule has 2 N–H and O–H groups in total. The minimum Gasteiger partial charge on any atom is -0.333 e. The van der Waals surface area contributed by atoms with Crippen LogP contribution in [-0.4, -0.2) is 7.05 Å². The lowest BCUT2D eigenvalue weighted by molar-refractivity contribution is 0.627. The Bertz CT molecular complexity index is 173. The normalized spacial score (nSPS) is 8.00. The largest absolute Gasteiger partial charge is 0.333 e. The molecule has 56 valence electrons. The van der Waals surface area contributed by atoms with E-state index in [-0.39, 0.29) is 5.82 Å². The van der Waals surface area contributed by atoms with Crippen LogP contribution in [0.2, 0.25) is 0 Å². The molecular formula is C7H9BrFN. The summed E-state index contributed by atoms with van der Waals surface area (Å²) in [5.41, 5.74) is 4.50. The van der Waals surface area contributed by atoms with Gasteiger partial charge in [-0.05, 0) is 25.2 Å². The molecule has 0 radical (unpaired) electrons. The van der Waals surface area contributed by atoms with Gasteiger partial charge in [0.1, 0.15) is 5.82 Å². The molecule has 0 saturated carbocycles. The molecule has 10 heavy (non-hydrogen) atoms. The summed E-state index contributed by atoms with van der Waals surface area (Å²) in [6.45, 7) is 0. The van der Waals surface area contributed by atoms with Gasteiger partial charge in [-0.25, -0.2) is 4.39 Å². The van der Waals surface area contributed by atoms with Crippen molar-refractivity contribution in [1.82, 2.24) is 0 Å². The standard InChI is InChI=1S/C6H4BrF.CH5N/c7-5-2-1-3-6(8)4-5;1-2/h1-4H;2H2,1H3. The predicted molar refractivity (Wildman–Crippen MR) is 44.2 cm³/mol. The second-order valence-corrected chi connectivity index (χ2v) is 2.36. The van der Waals surface area contributed by atoms with E-state index in [1.807, 2.05) is 0 Å². The fourth-order valence-electron chi connectivity index (χ4n) is 0.460. The first-order chi connectivity index (χ1) is 4.79. The summed E-state index contributed by atoms with van der Waals surface area (Å²) in [6.07, 6.45) is 0. The molecule has 1 aromatic carbocycles. The molecule has 1 rings (SSSR count). The van der Waals surface area contributed by atoms with Crippen LogP contribution in [-0.2, 0) is 0 Å². The first-order valence-electron chi connectivity index (χ1n) is 2.78. The van der Waals surface area contributed by atoms with Crippen molar-refractivity contribution < 1.29 is 4.39 Å². The van der Waals surface area contributed by atoms with Crippen LogP contribution in [0.15, 0.2) is 28.7 Å². The molecule has 0 atom stereocenters. The van der Waals surface area contributed by atoms with E-state index in [9.17, 15) is 4.39 Å². The molecule has 0 saturated heterocycles. The van der Waals surface area contributed by atoms with Gasteiger partial charge in [-0.2, -0.15) is 0 Å². The van der Waals surface area contributed by atoms with Crippen LogP contribution in [0.5, 0.6) is 0 Å². The summed E-state index contributed by atoms with van der Waals surface area (Å²) in [5.74, 6) is -0.209. The van der Waals surface area contributed by atoms with E-state index in [1.54, 1.807) is 12.1 Å². The quantitative estimate of drug-likeness (QED) is 0.691. The Morgan fingerprint density at radius 3 is 2.30 bits per heavy atom. The minimum atomic E-state index is -0.209. The molecule has 0 aromatic heterocycles. The molecule has 1 nitrogen and oxygen atoms in total. The highest BCUT2D eigenvalue weighted by Crippen LogP contribution is 2.09. The van der Waals surface area contributed by atoms with Gasteiger partial charge in [-0.1, -0.05) is 22.0 Å². The molecule has 0 spiro atoms. The van der Waals surface area contributed by atoms with Gasteiger partial charge in [0, 0.05) is 4.47 Å². The van der Waals surface area contributed by atoms with E-state index in [2.05, 4.69) is 21.7 Å². The zero-order valence-electron chi connectivity index (χ0n) is 5.64. The summed E-state index contributed by atoms with van der Waals surface area (Å²) >= 11 is 3.12. The minimum absolute atomic E-state index is 0.209. The van der Waals surface area contributed by atoms with Gasteiger partial charge in [-0.15, -0.1) is 0 Å². The van der Waals surface area contributed by atoms with Gasteiger partial charge in [0.2, 0.25) is 0 Å². The van der Waals surface area contributed by atoms with Crippen LogP contribution in [0, 0.1) is 5.82 Å². The number of hydrogen-bond acceptors (Lipinski definition) is 1. The van der Waals surface area contributed by atoms with E-state index in [0.717, 1.165) is 4.47 Å². The van der Waals surface area contributed by atoms with E-state index < -0.39 is 0 Å². The van der Waals surface area contributed by atoms with E-state index in [1.165, 1.54) is 19.2 Å². The lowest BCUT2D eigenvalue weighted by Gasteiger charge is -1.85. The van der Waals surface area contributed by atoms with Crippen molar-refractivity contribution in [1.29, 1.82) is 0 Å². The molecule has 1 aromatic rings. The lowest BCUT2D eigenvalue weighted by Crippen LogP contribution is -1.69. The third kappa shape index (κ3) is 3.58. The Labute approximate surface area is 68.2 Å². The number of hydrogen-bond donors (Lipinski definition) is 1. The van der Waals surface area contributed by atoms with E-state index >= 15 is 0 Å². The fraction of sp³-hybridized carbons (Fsp3) is 0.143. The smallest absolute Gasteiger partial charge is 0.124 e. The SMILES string of the molecule is CN.Fc1cccc(Br)c1. The van der Waals surface area contributed by atoms with Crippen LogP contribution in [0.25, 0.3) is 0 Å². The third-order valence-corrected chi connectivity index (χ3v) is 1.28. The molecule has 0 aliphatic carbocycles. The number of rotatable bonds is 0. The summed E-state index contributed by atoms with van der Waals surface area (Å²) in [7, 11) is 1.50. The van der Waals surface area contributed by atoms with Crippen LogP contribution in [0.3, 0.4) is 0 Å². The molecule has 0 aliphatic rings. The maximum absolute atomic E-state index is 12.1. The van der Waals surface area contributed by atoms with Crippen LogP contribution < -0.4 is 5.73 Å². The highest BCUT2D eigenvalue weighted by molar-refractivity contribution is 9.10. The predicted octanol–water partition coefficient (Wildman–Crippen LogP) is 2.16. The van der Waals surface area contributed by atoms with Gasteiger partial charge in [0.05, 0.1) is 0 Å². The van der Waals surface area contributed by atoms with Crippen molar-refractivity contribution in [2.24, 2.45) is 5.73 Å². The van der Waals surface area contributed by atoms with Crippen molar-refractivity contribution in [2.75, 3.05) is 7.05 Å². The van der Waals surface area contributed by atoms with Crippen LogP contribution in [0.1, 0.15) is 0 Å². The molecule has 3 heteroatoms. The zero-order valence-corrected chi connectivity index (χ0v) is 7.23. The average molecular weight is 206 g/mol. The van der Waals surface area contributed by atoms with E-state index in [4.69, 9.17) is 0 Å². The van der Waals surface area contributed by atoms with Gasteiger partial charge < -0.3 is 5.73 Å². The molecular weight excluding hydrogens is 197 g/mol. The monoisotopic (exact) mass is 205 g/mol. The summed E-state index contributed by atoms with van der Waals surface area (Å²) in [4.78, 5) is 0. The van der Waals surface area contributed by atoms with Crippen molar-refractivity contribution in [2.45, 2.75) is 0 Å². The van der Waals surface area contributed by atoms with Crippen molar-refractivity contribution in [3.8, 4) is 0 Å². The van der Waals surface area contributed by atoms with Crippen LogP contribution in [0.4, 0.5) is 4.39 Å². The van der Waals surface area contributed by atoms with Gasteiger partial charge >= 0.3 is 0 Å². The maximum Gasteiger partial charge on any atom is 0.124 e. The topological polar surface area (TPSA) is 26.0 Å². The number of nitrogens with two attached hydrogens (primary N) is 1. The van der Waals surface area contributed by atoms with Crippen LogP contribution >= 0.6 is 15.9 Å². The third-order valence-electron chi connectivity index (χ3n) is 0.787. The van der Waals surface area contributed by atoms with Gasteiger partial charge in [0.15, 0.2) is 0 Å². The molecule has 0 fully saturated rings. The highest BCUT2D eigenvalue weighted by atomic mass is 79.9. The van der Waals surface area contributed by atoms with Crippen molar-refractivity contribution in [3.05, 3.63) is 34.6 Å². The van der Waals surface area contributed by atoms with Crippen molar-refractivity contribution in [3.63, 3.8) is 0 Å². The Balaban J connectivity index is 0.000000371. The average Bonchev–Trinajstić information content (AvgIpc) is 1.91.